The van der Waals surface area contributed by atoms with Gasteiger partial charge in [-0.3, -0.25) is 4.79 Å². The highest BCUT2D eigenvalue weighted by atomic mass is 16.6. The summed E-state index contributed by atoms with van der Waals surface area (Å²) in [6.45, 7) is 9.71. The number of rotatable bonds is 3. The van der Waals surface area contributed by atoms with Gasteiger partial charge in [-0.25, -0.2) is 0 Å². The van der Waals surface area contributed by atoms with Crippen molar-refractivity contribution >= 4 is 16.9 Å². The van der Waals surface area contributed by atoms with Crippen molar-refractivity contribution in [3.05, 3.63) is 47.2 Å². The quantitative estimate of drug-likeness (QED) is 0.479. The minimum Gasteiger partial charge on any atom is -0.462 e. The van der Waals surface area contributed by atoms with Crippen LogP contribution in [0, 0.1) is 30.1 Å². The molecular formula is C28H36N2O2. The fourth-order valence-corrected chi connectivity index (χ4v) is 7.54. The van der Waals surface area contributed by atoms with Gasteiger partial charge in [0.1, 0.15) is 6.10 Å². The molecule has 0 bridgehead atoms. The zero-order valence-corrected chi connectivity index (χ0v) is 19.5. The van der Waals surface area contributed by atoms with Crippen LogP contribution in [0.5, 0.6) is 0 Å². The monoisotopic (exact) mass is 432 g/mol. The maximum atomic E-state index is 12.9. The first kappa shape index (κ1) is 20.5. The van der Waals surface area contributed by atoms with E-state index in [1.807, 2.05) is 0 Å². The second-order valence-corrected chi connectivity index (χ2v) is 11.3. The first-order valence-corrected chi connectivity index (χ1v) is 12.7. The van der Waals surface area contributed by atoms with Crippen molar-refractivity contribution in [3.8, 4) is 0 Å². The molecule has 3 aliphatic carbocycles. The van der Waals surface area contributed by atoms with Crippen LogP contribution < -0.4 is 5.32 Å². The zero-order valence-electron chi connectivity index (χ0n) is 19.5. The van der Waals surface area contributed by atoms with Gasteiger partial charge in [0.25, 0.3) is 0 Å². The summed E-state index contributed by atoms with van der Waals surface area (Å²) in [4.78, 5) is 16.6. The molecule has 4 heteroatoms. The molecule has 4 nitrogen and oxygen atoms in total. The maximum absolute atomic E-state index is 12.9. The molecular weight excluding hydrogens is 396 g/mol. The minimum atomic E-state index is -0.0312. The maximum Gasteiger partial charge on any atom is 0.310 e. The third-order valence-corrected chi connectivity index (χ3v) is 9.27. The Morgan fingerprint density at radius 3 is 3.03 bits per heavy atom. The van der Waals surface area contributed by atoms with Gasteiger partial charge >= 0.3 is 5.97 Å². The molecule has 6 atom stereocenters. The number of carbonyl (C=O) groups excluding carboxylic acids is 1. The van der Waals surface area contributed by atoms with Gasteiger partial charge in [0.05, 0.1) is 5.92 Å². The number of hydrogen-bond donors (Lipinski definition) is 2. The Kier molecular flexibility index (Phi) is 4.80. The molecule has 4 aliphatic rings. The van der Waals surface area contributed by atoms with Crippen LogP contribution in [0.25, 0.3) is 10.9 Å². The van der Waals surface area contributed by atoms with E-state index in [0.29, 0.717) is 18.4 Å². The van der Waals surface area contributed by atoms with Crippen LogP contribution in [0.1, 0.15) is 74.7 Å². The highest BCUT2D eigenvalue weighted by Crippen LogP contribution is 2.56. The molecule has 1 aliphatic heterocycles. The van der Waals surface area contributed by atoms with Crippen molar-refractivity contribution in [2.24, 2.45) is 23.2 Å². The van der Waals surface area contributed by atoms with Crippen LogP contribution in [0.2, 0.25) is 0 Å². The average molecular weight is 433 g/mol. The highest BCUT2D eigenvalue weighted by Gasteiger charge is 2.55. The largest absolute Gasteiger partial charge is 0.462 e. The lowest BCUT2D eigenvalue weighted by atomic mass is 9.55. The minimum absolute atomic E-state index is 0.0173. The number of fused-ring (bicyclic) bond motifs is 5. The van der Waals surface area contributed by atoms with E-state index in [2.05, 4.69) is 48.9 Å². The van der Waals surface area contributed by atoms with Gasteiger partial charge in [0, 0.05) is 35.1 Å². The van der Waals surface area contributed by atoms with Gasteiger partial charge in [0.15, 0.2) is 0 Å². The number of nitrogens with one attached hydrogen (secondary N) is 2. The number of hydrogen-bond acceptors (Lipinski definition) is 3. The zero-order chi connectivity index (χ0) is 22.0. The normalized spacial score (nSPS) is 36.5. The van der Waals surface area contributed by atoms with Gasteiger partial charge in [-0.05, 0) is 87.3 Å². The van der Waals surface area contributed by atoms with Gasteiger partial charge in [-0.15, -0.1) is 0 Å². The molecule has 32 heavy (non-hydrogen) atoms. The summed E-state index contributed by atoms with van der Waals surface area (Å²) in [7, 11) is 0. The number of aromatic nitrogens is 1. The number of allylic oxidation sites excluding steroid dienone is 1. The Labute approximate surface area is 191 Å². The van der Waals surface area contributed by atoms with Gasteiger partial charge in [0.2, 0.25) is 0 Å². The first-order valence-electron chi connectivity index (χ1n) is 12.7. The number of benzene rings is 1. The van der Waals surface area contributed by atoms with Crippen molar-refractivity contribution in [1.82, 2.24) is 10.3 Å². The third-order valence-electron chi connectivity index (χ3n) is 9.27. The number of aryl methyl sites for hydroxylation is 2. The SMILES string of the molecule is C=C1CCC[C@]2(C)C[C@H]3OC(=O)[C@@H](CN[C@@H]4CCCc5c4[nH]c4ccc(C)cc54)[C@H]3C[C@@H]12. The summed E-state index contributed by atoms with van der Waals surface area (Å²) >= 11 is 0. The van der Waals surface area contributed by atoms with Gasteiger partial charge < -0.3 is 15.0 Å². The van der Waals surface area contributed by atoms with Crippen molar-refractivity contribution in [1.29, 1.82) is 0 Å². The molecule has 1 saturated heterocycles. The Bertz CT molecular complexity index is 1080. The number of carbonyl (C=O) groups is 1. The van der Waals surface area contributed by atoms with Crippen molar-refractivity contribution in [2.75, 3.05) is 6.54 Å². The smallest absolute Gasteiger partial charge is 0.310 e. The van der Waals surface area contributed by atoms with E-state index in [1.54, 1.807) is 0 Å². The van der Waals surface area contributed by atoms with Crippen LogP contribution >= 0.6 is 0 Å². The van der Waals surface area contributed by atoms with Crippen LogP contribution in [0.15, 0.2) is 30.4 Å². The molecule has 2 aromatic rings. The molecule has 3 fully saturated rings. The van der Waals surface area contributed by atoms with Crippen LogP contribution in [0.3, 0.4) is 0 Å². The van der Waals surface area contributed by atoms with Crippen molar-refractivity contribution in [3.63, 3.8) is 0 Å². The molecule has 1 aromatic heterocycles. The third kappa shape index (κ3) is 3.17. The highest BCUT2D eigenvalue weighted by molar-refractivity contribution is 5.85. The fourth-order valence-electron chi connectivity index (χ4n) is 7.54. The molecule has 0 unspecified atom stereocenters. The van der Waals surface area contributed by atoms with E-state index < -0.39 is 0 Å². The van der Waals surface area contributed by atoms with Crippen LogP contribution in [-0.2, 0) is 16.0 Å². The van der Waals surface area contributed by atoms with E-state index in [1.165, 1.54) is 52.6 Å². The predicted molar refractivity (Wildman–Crippen MR) is 127 cm³/mol. The summed E-state index contributed by atoms with van der Waals surface area (Å²) in [6.07, 6.45) is 9.24. The van der Waals surface area contributed by atoms with Gasteiger partial charge in [-0.2, -0.15) is 0 Å². The van der Waals surface area contributed by atoms with E-state index in [0.717, 1.165) is 32.1 Å². The lowest BCUT2D eigenvalue weighted by molar-refractivity contribution is -0.146. The topological polar surface area (TPSA) is 54.1 Å². The number of esters is 1. The van der Waals surface area contributed by atoms with Crippen molar-refractivity contribution < 1.29 is 9.53 Å². The lowest BCUT2D eigenvalue weighted by Gasteiger charge is -2.50. The molecule has 2 heterocycles. The summed E-state index contributed by atoms with van der Waals surface area (Å²) in [5, 5.41) is 5.17. The molecule has 170 valence electrons. The van der Waals surface area contributed by atoms with E-state index >= 15 is 0 Å². The number of aromatic amines is 1. The Morgan fingerprint density at radius 2 is 2.16 bits per heavy atom. The fraction of sp³-hybridized carbons (Fsp3) is 0.607. The van der Waals surface area contributed by atoms with Gasteiger partial charge in [-0.1, -0.05) is 30.7 Å². The molecule has 6 rings (SSSR count). The van der Waals surface area contributed by atoms with E-state index in [4.69, 9.17) is 4.74 Å². The molecule has 0 radical (unpaired) electrons. The number of H-pyrrole nitrogens is 1. The van der Waals surface area contributed by atoms with Crippen LogP contribution in [0.4, 0.5) is 0 Å². The summed E-state index contributed by atoms with van der Waals surface area (Å²) < 4.78 is 5.98. The Morgan fingerprint density at radius 1 is 1.28 bits per heavy atom. The second-order valence-electron chi connectivity index (χ2n) is 11.3. The first-order chi connectivity index (χ1) is 15.4. The molecule has 0 amide bonds. The van der Waals surface area contributed by atoms with Crippen molar-refractivity contribution in [2.45, 2.75) is 77.4 Å². The molecule has 2 N–H and O–H groups in total. The summed E-state index contributed by atoms with van der Waals surface area (Å²) in [6, 6.07) is 6.98. The Hall–Kier alpha value is -2.07. The Balaban J connectivity index is 1.21. The predicted octanol–water partition coefficient (Wildman–Crippen LogP) is 5.76. The standard InChI is InChI=1S/C28H36N2O2/c1-16-9-10-23-19(12-16)18-7-4-8-24(26(18)30-23)29-15-21-20-13-22-17(2)6-5-11-28(22,3)14-25(20)32-27(21)31/h9-10,12,20-22,24-25,29-30H,2,4-8,11,13-15H2,1,3H3/t20-,21+,22+,24-,25-,28-/m1/s1. The number of ether oxygens (including phenoxy) is 1. The molecule has 0 spiro atoms. The van der Waals surface area contributed by atoms with E-state index in [9.17, 15) is 4.79 Å². The molecule has 2 saturated carbocycles. The average Bonchev–Trinajstić information content (AvgIpc) is 3.27. The summed E-state index contributed by atoms with van der Waals surface area (Å²) in [5.74, 6) is 0.865. The van der Waals surface area contributed by atoms with E-state index in [-0.39, 0.29) is 29.4 Å². The molecule has 1 aromatic carbocycles. The van der Waals surface area contributed by atoms with Crippen LogP contribution in [-0.4, -0.2) is 23.6 Å². The lowest BCUT2D eigenvalue weighted by Crippen LogP contribution is -2.45. The summed E-state index contributed by atoms with van der Waals surface area (Å²) in [5.41, 5.74) is 7.01. The second kappa shape index (κ2) is 7.48.